The lowest BCUT2D eigenvalue weighted by Crippen LogP contribution is -2.47. The molecule has 2 aliphatic rings. The van der Waals surface area contributed by atoms with E-state index < -0.39 is 15.3 Å². The van der Waals surface area contributed by atoms with E-state index in [2.05, 4.69) is 9.62 Å². The number of ether oxygens (including phenoxy) is 1. The highest BCUT2D eigenvalue weighted by Gasteiger charge is 2.38. The molecule has 0 aromatic carbocycles. The standard InChI is InChI=1S/C14H26N2O4S/c1-10(2)21(18,19)15-8-12-5-4-6-16(9-12)13-7-11(3)20-14(13)17/h10-13,15H,4-9H2,1-3H3/t11-,12-,13+/m1/s1. The van der Waals surface area contributed by atoms with E-state index in [0.717, 1.165) is 32.4 Å². The van der Waals surface area contributed by atoms with Gasteiger partial charge in [-0.05, 0) is 46.1 Å². The topological polar surface area (TPSA) is 75.7 Å². The van der Waals surface area contributed by atoms with Gasteiger partial charge in [-0.25, -0.2) is 13.1 Å². The molecular weight excluding hydrogens is 292 g/mol. The first kappa shape index (κ1) is 16.7. The van der Waals surface area contributed by atoms with Crippen LogP contribution in [0.3, 0.4) is 0 Å². The van der Waals surface area contributed by atoms with E-state index in [1.807, 2.05) is 6.92 Å². The Balaban J connectivity index is 1.88. The highest BCUT2D eigenvalue weighted by Crippen LogP contribution is 2.25. The summed E-state index contributed by atoms with van der Waals surface area (Å²) in [7, 11) is -3.21. The summed E-state index contributed by atoms with van der Waals surface area (Å²) in [6.45, 7) is 7.36. The fourth-order valence-electron chi connectivity index (χ4n) is 2.98. The molecule has 2 aliphatic heterocycles. The number of sulfonamides is 1. The molecule has 0 aromatic heterocycles. The Kier molecular flexibility index (Phi) is 5.27. The lowest BCUT2D eigenvalue weighted by Gasteiger charge is -2.35. The Morgan fingerprint density at radius 2 is 2.14 bits per heavy atom. The van der Waals surface area contributed by atoms with Gasteiger partial charge < -0.3 is 4.74 Å². The lowest BCUT2D eigenvalue weighted by molar-refractivity contribution is -0.145. The number of nitrogens with one attached hydrogen (secondary N) is 1. The van der Waals surface area contributed by atoms with Crippen molar-refractivity contribution in [3.8, 4) is 0 Å². The first-order chi connectivity index (χ1) is 9.79. The Morgan fingerprint density at radius 1 is 1.43 bits per heavy atom. The van der Waals surface area contributed by atoms with Crippen molar-refractivity contribution in [3.05, 3.63) is 0 Å². The van der Waals surface area contributed by atoms with Crippen LogP contribution in [0.4, 0.5) is 0 Å². The molecule has 6 nitrogen and oxygen atoms in total. The molecule has 0 spiro atoms. The molecule has 7 heteroatoms. The minimum atomic E-state index is -3.21. The molecule has 3 atom stereocenters. The van der Waals surface area contributed by atoms with Crippen molar-refractivity contribution in [2.75, 3.05) is 19.6 Å². The molecular formula is C14H26N2O4S. The van der Waals surface area contributed by atoms with E-state index in [0.29, 0.717) is 6.54 Å². The van der Waals surface area contributed by atoms with Crippen LogP contribution in [0.5, 0.6) is 0 Å². The predicted molar refractivity (Wildman–Crippen MR) is 80.3 cm³/mol. The third kappa shape index (κ3) is 4.17. The molecule has 2 saturated heterocycles. The zero-order valence-electron chi connectivity index (χ0n) is 13.0. The summed E-state index contributed by atoms with van der Waals surface area (Å²) < 4.78 is 31.5. The molecule has 122 valence electrons. The molecule has 0 radical (unpaired) electrons. The van der Waals surface area contributed by atoms with Gasteiger partial charge in [-0.15, -0.1) is 0 Å². The van der Waals surface area contributed by atoms with E-state index in [1.165, 1.54) is 0 Å². The molecule has 2 fully saturated rings. The van der Waals surface area contributed by atoms with Gasteiger partial charge in [0.25, 0.3) is 0 Å². The molecule has 0 saturated carbocycles. The average molecular weight is 318 g/mol. The number of hydrogen-bond donors (Lipinski definition) is 1. The Bertz CT molecular complexity index is 477. The third-order valence-electron chi connectivity index (χ3n) is 4.33. The maximum atomic E-state index is 11.8. The summed E-state index contributed by atoms with van der Waals surface area (Å²) in [4.78, 5) is 14.0. The van der Waals surface area contributed by atoms with Gasteiger partial charge in [0.2, 0.25) is 10.0 Å². The van der Waals surface area contributed by atoms with Crippen molar-refractivity contribution in [2.24, 2.45) is 5.92 Å². The zero-order chi connectivity index (χ0) is 15.6. The predicted octanol–water partition coefficient (Wildman–Crippen LogP) is 0.730. The van der Waals surface area contributed by atoms with Gasteiger partial charge in [0.05, 0.1) is 5.25 Å². The Morgan fingerprint density at radius 3 is 2.71 bits per heavy atom. The average Bonchev–Trinajstić information content (AvgIpc) is 2.76. The number of nitrogens with zero attached hydrogens (tertiary/aromatic N) is 1. The smallest absolute Gasteiger partial charge is 0.323 e. The molecule has 0 unspecified atom stereocenters. The largest absolute Gasteiger partial charge is 0.461 e. The molecule has 2 heterocycles. The summed E-state index contributed by atoms with van der Waals surface area (Å²) in [5, 5.41) is -0.414. The number of carbonyl (C=O) groups is 1. The van der Waals surface area contributed by atoms with Crippen LogP contribution in [-0.2, 0) is 19.6 Å². The van der Waals surface area contributed by atoms with Crippen molar-refractivity contribution in [1.29, 1.82) is 0 Å². The monoisotopic (exact) mass is 318 g/mol. The lowest BCUT2D eigenvalue weighted by atomic mass is 9.96. The van der Waals surface area contributed by atoms with Crippen LogP contribution >= 0.6 is 0 Å². The number of likely N-dealkylation sites (tertiary alicyclic amines) is 1. The molecule has 2 rings (SSSR count). The van der Waals surface area contributed by atoms with Crippen LogP contribution in [-0.4, -0.2) is 56.3 Å². The SMILES string of the molecule is CC(C)S(=O)(=O)NC[C@H]1CCCN([C@H]2C[C@@H](C)OC2=O)C1. The Hall–Kier alpha value is -0.660. The maximum absolute atomic E-state index is 11.8. The van der Waals surface area contributed by atoms with E-state index in [4.69, 9.17) is 4.74 Å². The van der Waals surface area contributed by atoms with Crippen LogP contribution in [0.2, 0.25) is 0 Å². The fourth-order valence-corrected chi connectivity index (χ4v) is 3.78. The second-order valence-corrected chi connectivity index (χ2v) is 8.77. The highest BCUT2D eigenvalue weighted by atomic mass is 32.2. The second kappa shape index (κ2) is 6.62. The van der Waals surface area contributed by atoms with Gasteiger partial charge in [0.1, 0.15) is 12.1 Å². The second-order valence-electron chi connectivity index (χ2n) is 6.44. The number of rotatable bonds is 5. The molecule has 0 bridgehead atoms. The number of piperidine rings is 1. The van der Waals surface area contributed by atoms with E-state index in [9.17, 15) is 13.2 Å². The first-order valence-corrected chi connectivity index (χ1v) is 9.27. The van der Waals surface area contributed by atoms with Crippen molar-refractivity contribution >= 4 is 16.0 Å². The van der Waals surface area contributed by atoms with Gasteiger partial charge in [0, 0.05) is 19.5 Å². The summed E-state index contributed by atoms with van der Waals surface area (Å²) in [5.74, 6) is 0.127. The summed E-state index contributed by atoms with van der Waals surface area (Å²) >= 11 is 0. The van der Waals surface area contributed by atoms with Crippen LogP contribution < -0.4 is 4.72 Å². The van der Waals surface area contributed by atoms with Crippen molar-refractivity contribution in [2.45, 2.75) is 57.4 Å². The normalized spacial score (nSPS) is 31.6. The van der Waals surface area contributed by atoms with Crippen molar-refractivity contribution in [3.63, 3.8) is 0 Å². The Labute approximate surface area is 127 Å². The fraction of sp³-hybridized carbons (Fsp3) is 0.929. The van der Waals surface area contributed by atoms with Gasteiger partial charge in [-0.1, -0.05) is 0 Å². The van der Waals surface area contributed by atoms with Crippen LogP contribution in [0.25, 0.3) is 0 Å². The number of esters is 1. The molecule has 0 aliphatic carbocycles. The van der Waals surface area contributed by atoms with Crippen LogP contribution in [0.15, 0.2) is 0 Å². The van der Waals surface area contributed by atoms with Crippen molar-refractivity contribution in [1.82, 2.24) is 9.62 Å². The van der Waals surface area contributed by atoms with E-state index in [-0.39, 0.29) is 24.0 Å². The molecule has 21 heavy (non-hydrogen) atoms. The van der Waals surface area contributed by atoms with Gasteiger partial charge in [0.15, 0.2) is 0 Å². The van der Waals surface area contributed by atoms with Crippen LogP contribution in [0, 0.1) is 5.92 Å². The summed E-state index contributed by atoms with van der Waals surface area (Å²) in [6, 6.07) is -0.149. The molecule has 0 aromatic rings. The third-order valence-corrected chi connectivity index (χ3v) is 6.14. The quantitative estimate of drug-likeness (QED) is 0.756. The summed E-state index contributed by atoms with van der Waals surface area (Å²) in [5.41, 5.74) is 0. The minimum Gasteiger partial charge on any atom is -0.461 e. The van der Waals surface area contributed by atoms with Crippen molar-refractivity contribution < 1.29 is 17.9 Å². The van der Waals surface area contributed by atoms with E-state index in [1.54, 1.807) is 13.8 Å². The van der Waals surface area contributed by atoms with E-state index >= 15 is 0 Å². The van der Waals surface area contributed by atoms with Gasteiger partial charge in [-0.2, -0.15) is 0 Å². The van der Waals surface area contributed by atoms with Gasteiger partial charge in [-0.3, -0.25) is 9.69 Å². The zero-order valence-corrected chi connectivity index (χ0v) is 13.9. The molecule has 1 N–H and O–H groups in total. The first-order valence-electron chi connectivity index (χ1n) is 7.72. The highest BCUT2D eigenvalue weighted by molar-refractivity contribution is 7.90. The minimum absolute atomic E-state index is 0.0117. The maximum Gasteiger partial charge on any atom is 0.323 e. The summed E-state index contributed by atoms with van der Waals surface area (Å²) in [6.07, 6.45) is 2.71. The van der Waals surface area contributed by atoms with Crippen LogP contribution in [0.1, 0.15) is 40.0 Å². The van der Waals surface area contributed by atoms with Gasteiger partial charge >= 0.3 is 5.97 Å². The number of cyclic esters (lactones) is 1. The number of carbonyl (C=O) groups excluding carboxylic acids is 1. The molecule has 0 amide bonds. The number of hydrogen-bond acceptors (Lipinski definition) is 5.